The molecule has 0 spiro atoms. The first-order chi connectivity index (χ1) is 8.04. The van der Waals surface area contributed by atoms with E-state index in [1.54, 1.807) is 6.07 Å². The number of benzene rings is 1. The second kappa shape index (κ2) is 3.81. The minimum absolute atomic E-state index is 0.00738. The lowest BCUT2D eigenvalue weighted by Gasteiger charge is -2.41. The van der Waals surface area contributed by atoms with E-state index in [9.17, 15) is 8.42 Å². The molecule has 0 saturated heterocycles. The SMILES string of the molecule is CC1(C)CCC(C)(C)c2cc(S(=O)(=O)O)ccc21. The van der Waals surface area contributed by atoms with Gasteiger partial charge in [-0.15, -0.1) is 0 Å². The predicted octanol–water partition coefficient (Wildman–Crippen LogP) is 3.28. The molecule has 1 aromatic carbocycles. The minimum Gasteiger partial charge on any atom is -0.282 e. The highest BCUT2D eigenvalue weighted by atomic mass is 32.2. The van der Waals surface area contributed by atoms with E-state index in [2.05, 4.69) is 27.7 Å². The van der Waals surface area contributed by atoms with Gasteiger partial charge in [-0.3, -0.25) is 4.55 Å². The third-order valence-corrected chi connectivity index (χ3v) is 4.97. The molecule has 1 aliphatic rings. The average Bonchev–Trinajstić information content (AvgIpc) is 2.23. The van der Waals surface area contributed by atoms with Crippen molar-refractivity contribution >= 4 is 10.1 Å². The van der Waals surface area contributed by atoms with Gasteiger partial charge in [-0.2, -0.15) is 8.42 Å². The van der Waals surface area contributed by atoms with E-state index in [1.165, 1.54) is 11.6 Å². The maximum atomic E-state index is 11.2. The molecular formula is C14H20O3S. The van der Waals surface area contributed by atoms with E-state index in [0.29, 0.717) is 0 Å². The summed E-state index contributed by atoms with van der Waals surface area (Å²) >= 11 is 0. The van der Waals surface area contributed by atoms with Gasteiger partial charge < -0.3 is 0 Å². The largest absolute Gasteiger partial charge is 0.294 e. The standard InChI is InChI=1S/C14H20O3S/c1-13(2)7-8-14(3,4)12-9-10(18(15,16)17)5-6-11(12)13/h5-6,9H,7-8H2,1-4H3,(H,15,16,17). The molecule has 0 bridgehead atoms. The Balaban J connectivity index is 2.70. The molecule has 0 radical (unpaired) electrons. The van der Waals surface area contributed by atoms with Crippen molar-refractivity contribution in [3.05, 3.63) is 29.3 Å². The first-order valence-corrected chi connectivity index (χ1v) is 7.61. The van der Waals surface area contributed by atoms with Gasteiger partial charge in [0.25, 0.3) is 10.1 Å². The van der Waals surface area contributed by atoms with Crippen LogP contribution < -0.4 is 0 Å². The number of fused-ring (bicyclic) bond motifs is 1. The van der Waals surface area contributed by atoms with Crippen molar-refractivity contribution < 1.29 is 13.0 Å². The van der Waals surface area contributed by atoms with Crippen LogP contribution in [0.1, 0.15) is 51.7 Å². The molecule has 2 rings (SSSR count). The highest BCUT2D eigenvalue weighted by Crippen LogP contribution is 2.46. The van der Waals surface area contributed by atoms with E-state index < -0.39 is 10.1 Å². The fourth-order valence-electron chi connectivity index (χ4n) is 2.73. The lowest BCUT2D eigenvalue weighted by molar-refractivity contribution is 0.331. The third-order valence-electron chi connectivity index (χ3n) is 4.12. The highest BCUT2D eigenvalue weighted by Gasteiger charge is 2.37. The smallest absolute Gasteiger partial charge is 0.282 e. The van der Waals surface area contributed by atoms with Crippen LogP contribution in [-0.4, -0.2) is 13.0 Å². The van der Waals surface area contributed by atoms with Crippen molar-refractivity contribution in [3.8, 4) is 0 Å². The third kappa shape index (κ3) is 2.19. The van der Waals surface area contributed by atoms with E-state index in [4.69, 9.17) is 4.55 Å². The number of hydrogen-bond acceptors (Lipinski definition) is 2. The fraction of sp³-hybridized carbons (Fsp3) is 0.571. The molecule has 0 unspecified atom stereocenters. The Bertz CT molecular complexity index is 583. The fourth-order valence-corrected chi connectivity index (χ4v) is 3.24. The van der Waals surface area contributed by atoms with Gasteiger partial charge in [-0.05, 0) is 46.9 Å². The molecule has 1 aliphatic carbocycles. The Morgan fingerprint density at radius 1 is 1.00 bits per heavy atom. The monoisotopic (exact) mass is 268 g/mol. The molecule has 18 heavy (non-hydrogen) atoms. The summed E-state index contributed by atoms with van der Waals surface area (Å²) in [6.07, 6.45) is 2.10. The van der Waals surface area contributed by atoms with Gasteiger partial charge in [0.15, 0.2) is 0 Å². The number of hydrogen-bond donors (Lipinski definition) is 1. The lowest BCUT2D eigenvalue weighted by Crippen LogP contribution is -2.34. The molecule has 100 valence electrons. The van der Waals surface area contributed by atoms with Crippen molar-refractivity contribution in [1.82, 2.24) is 0 Å². The Kier molecular flexibility index (Phi) is 2.87. The topological polar surface area (TPSA) is 54.4 Å². The first kappa shape index (κ1) is 13.6. The van der Waals surface area contributed by atoms with Crippen molar-refractivity contribution in [2.24, 2.45) is 0 Å². The summed E-state index contributed by atoms with van der Waals surface area (Å²) in [5, 5.41) is 0. The minimum atomic E-state index is -4.12. The molecule has 4 heteroatoms. The van der Waals surface area contributed by atoms with Crippen LogP contribution in [0.2, 0.25) is 0 Å². The summed E-state index contributed by atoms with van der Waals surface area (Å²) in [4.78, 5) is -0.00738. The summed E-state index contributed by atoms with van der Waals surface area (Å²) in [5.41, 5.74) is 2.23. The maximum Gasteiger partial charge on any atom is 0.294 e. The molecule has 0 atom stereocenters. The van der Waals surface area contributed by atoms with Crippen LogP contribution in [0.15, 0.2) is 23.1 Å². The van der Waals surface area contributed by atoms with Gasteiger partial charge in [-0.1, -0.05) is 33.8 Å². The molecule has 1 N–H and O–H groups in total. The van der Waals surface area contributed by atoms with Crippen LogP contribution in [0.4, 0.5) is 0 Å². The zero-order valence-electron chi connectivity index (χ0n) is 11.3. The Hall–Kier alpha value is -0.870. The average molecular weight is 268 g/mol. The molecule has 3 nitrogen and oxygen atoms in total. The van der Waals surface area contributed by atoms with Crippen LogP contribution in [0.25, 0.3) is 0 Å². The van der Waals surface area contributed by atoms with E-state index in [1.807, 2.05) is 6.07 Å². The van der Waals surface area contributed by atoms with Crippen molar-refractivity contribution in [2.45, 2.75) is 56.3 Å². The second-order valence-corrected chi connectivity index (χ2v) is 7.87. The van der Waals surface area contributed by atoms with Crippen LogP contribution in [-0.2, 0) is 20.9 Å². The Morgan fingerprint density at radius 2 is 1.50 bits per heavy atom. The Labute approximate surface area is 109 Å². The van der Waals surface area contributed by atoms with Crippen LogP contribution >= 0.6 is 0 Å². The summed E-state index contributed by atoms with van der Waals surface area (Å²) in [6, 6.07) is 4.97. The maximum absolute atomic E-state index is 11.2. The quantitative estimate of drug-likeness (QED) is 0.795. The van der Waals surface area contributed by atoms with Gasteiger partial charge in [0.1, 0.15) is 0 Å². The molecule has 0 saturated carbocycles. The highest BCUT2D eigenvalue weighted by molar-refractivity contribution is 7.85. The molecule has 0 fully saturated rings. The van der Waals surface area contributed by atoms with E-state index >= 15 is 0 Å². The molecule has 1 aromatic rings. The molecule has 0 heterocycles. The van der Waals surface area contributed by atoms with Crippen LogP contribution in [0.3, 0.4) is 0 Å². The molecule has 0 aromatic heterocycles. The van der Waals surface area contributed by atoms with Gasteiger partial charge in [-0.25, -0.2) is 0 Å². The summed E-state index contributed by atoms with van der Waals surface area (Å²) in [7, 11) is -4.12. The normalized spacial score (nSPS) is 21.4. The van der Waals surface area contributed by atoms with Crippen molar-refractivity contribution in [3.63, 3.8) is 0 Å². The van der Waals surface area contributed by atoms with Crippen LogP contribution in [0, 0.1) is 0 Å². The predicted molar refractivity (Wildman–Crippen MR) is 71.5 cm³/mol. The number of rotatable bonds is 1. The van der Waals surface area contributed by atoms with Gasteiger partial charge in [0.2, 0.25) is 0 Å². The van der Waals surface area contributed by atoms with Crippen LogP contribution in [0.5, 0.6) is 0 Å². The zero-order chi connectivity index (χ0) is 13.8. The van der Waals surface area contributed by atoms with Crippen molar-refractivity contribution in [1.29, 1.82) is 0 Å². The van der Waals surface area contributed by atoms with Gasteiger partial charge in [0.05, 0.1) is 4.90 Å². The summed E-state index contributed by atoms with van der Waals surface area (Å²) in [6.45, 7) is 8.59. The molecule has 0 amide bonds. The zero-order valence-corrected chi connectivity index (χ0v) is 12.1. The summed E-state index contributed by atoms with van der Waals surface area (Å²) in [5.74, 6) is 0. The van der Waals surface area contributed by atoms with E-state index in [0.717, 1.165) is 18.4 Å². The Morgan fingerprint density at radius 3 is 2.00 bits per heavy atom. The lowest BCUT2D eigenvalue weighted by atomic mass is 9.63. The molecule has 0 aliphatic heterocycles. The van der Waals surface area contributed by atoms with Gasteiger partial charge in [0, 0.05) is 0 Å². The van der Waals surface area contributed by atoms with E-state index in [-0.39, 0.29) is 15.7 Å². The van der Waals surface area contributed by atoms with Crippen molar-refractivity contribution in [2.75, 3.05) is 0 Å². The molecular weight excluding hydrogens is 248 g/mol. The first-order valence-electron chi connectivity index (χ1n) is 6.17. The van der Waals surface area contributed by atoms with Gasteiger partial charge >= 0.3 is 0 Å². The second-order valence-electron chi connectivity index (χ2n) is 6.45. The summed E-state index contributed by atoms with van der Waals surface area (Å²) < 4.78 is 31.7.